The van der Waals surface area contributed by atoms with Gasteiger partial charge in [-0.05, 0) is 67.3 Å². The Bertz CT molecular complexity index is 2110. The number of para-hydroxylation sites is 2. The van der Waals surface area contributed by atoms with Crippen molar-refractivity contribution in [1.82, 2.24) is 24.9 Å². The van der Waals surface area contributed by atoms with Gasteiger partial charge < -0.3 is 15.0 Å². The van der Waals surface area contributed by atoms with Gasteiger partial charge in [0, 0.05) is 38.7 Å². The Morgan fingerprint density at radius 3 is 1.94 bits per heavy atom. The molecule has 7 heteroatoms. The number of pyridine rings is 1. The van der Waals surface area contributed by atoms with Crippen molar-refractivity contribution < 1.29 is 20.1 Å². The zero-order valence-electron chi connectivity index (χ0n) is 26.6. The van der Waals surface area contributed by atoms with Gasteiger partial charge in [0.05, 0.1) is 0 Å². The minimum absolute atomic E-state index is 0. The van der Waals surface area contributed by atoms with Crippen LogP contribution in [-0.2, 0) is 30.9 Å². The first-order chi connectivity index (χ1) is 22.3. The van der Waals surface area contributed by atoms with E-state index in [2.05, 4.69) is 125 Å². The summed E-state index contributed by atoms with van der Waals surface area (Å²) in [4.78, 5) is 21.6. The molecule has 3 aromatic heterocycles. The van der Waals surface area contributed by atoms with Crippen LogP contribution < -0.4 is 20.9 Å². The second-order valence-electron chi connectivity index (χ2n) is 12.8. The number of rotatable bonds is 2. The summed E-state index contributed by atoms with van der Waals surface area (Å²) in [6.45, 7) is 9.48. The van der Waals surface area contributed by atoms with Crippen LogP contribution in [0.4, 0.5) is 0 Å². The van der Waals surface area contributed by atoms with Crippen LogP contribution in [0.5, 0.6) is 0 Å². The van der Waals surface area contributed by atoms with Crippen LogP contribution >= 0.6 is 7.92 Å². The fourth-order valence-corrected chi connectivity index (χ4v) is 10.4. The van der Waals surface area contributed by atoms with E-state index >= 15 is 0 Å². The van der Waals surface area contributed by atoms with Crippen LogP contribution in [0.25, 0.3) is 33.9 Å². The van der Waals surface area contributed by atoms with E-state index in [1.165, 1.54) is 38.2 Å². The Hall–Kier alpha value is -4.34. The van der Waals surface area contributed by atoms with E-state index in [0.717, 1.165) is 22.3 Å². The fraction of sp³-hybridized carbons (Fsp3) is 0.150. The van der Waals surface area contributed by atoms with Crippen LogP contribution in [-0.4, -0.2) is 19.9 Å². The van der Waals surface area contributed by atoms with Gasteiger partial charge in [0.1, 0.15) is 0 Å². The Morgan fingerprint density at radius 1 is 0.638 bits per heavy atom. The number of hydrogen-bond donors (Lipinski definition) is 0. The maximum atomic E-state index is 4.67. The fourth-order valence-electron chi connectivity index (χ4n) is 6.86. The molecule has 5 heterocycles. The number of nitrogens with zero attached hydrogens (tertiary/aromatic N) is 5. The predicted molar refractivity (Wildman–Crippen MR) is 188 cm³/mol. The number of imidazole rings is 1. The average molecular weight is 806 g/mol. The van der Waals surface area contributed by atoms with Crippen LogP contribution in [0.1, 0.15) is 49.9 Å². The minimum atomic E-state index is -0.601. The maximum absolute atomic E-state index is 4.67. The van der Waals surface area contributed by atoms with Gasteiger partial charge in [-0.1, -0.05) is 126 Å². The van der Waals surface area contributed by atoms with E-state index in [4.69, 9.17) is 0 Å². The van der Waals surface area contributed by atoms with Crippen molar-refractivity contribution in [1.29, 1.82) is 0 Å². The summed E-state index contributed by atoms with van der Waals surface area (Å²) < 4.78 is 0. The van der Waals surface area contributed by atoms with Crippen LogP contribution in [0.2, 0.25) is 0 Å². The molecule has 0 bridgehead atoms. The minimum Gasteiger partial charge on any atom is -0.433 e. The van der Waals surface area contributed by atoms with Gasteiger partial charge in [-0.3, -0.25) is 0 Å². The van der Waals surface area contributed by atoms with Gasteiger partial charge >= 0.3 is 0 Å². The monoisotopic (exact) mass is 806 g/mol. The van der Waals surface area contributed by atoms with Gasteiger partial charge in [-0.25, -0.2) is 9.97 Å². The third-order valence-corrected chi connectivity index (χ3v) is 11.9. The molecule has 0 amide bonds. The van der Waals surface area contributed by atoms with Gasteiger partial charge in [0.25, 0.3) is 0 Å². The summed E-state index contributed by atoms with van der Waals surface area (Å²) in [7, 11) is -0.601. The van der Waals surface area contributed by atoms with E-state index in [0.29, 0.717) is 11.6 Å². The Balaban J connectivity index is 0.000000184. The zero-order chi connectivity index (χ0) is 31.5. The zero-order valence-corrected chi connectivity index (χ0v) is 29.9. The quantitative estimate of drug-likeness (QED) is 0.136. The number of benzene rings is 4. The Labute approximate surface area is 290 Å². The molecule has 7 aromatic rings. The van der Waals surface area contributed by atoms with E-state index in [-0.39, 0.29) is 30.9 Å². The standard InChI is InChI=1S/C29H25NP.C11H7N4.Ir/c1-28(2)20-11-5-7-14-25(20)31-26-15-8-6-12-21(26)29(3,4)23-18-19(17-22(28)27(23)31)24-13-9-10-16-30-24;1-2-5-9-8(4-1)14-11(15-9)10-12-6-3-7-13-10;/h5-17H,1-4H3;1-7H;/q2*-1;. The molecular weight excluding hydrogens is 774 g/mol. The smallest absolute Gasteiger partial charge is 0.150 e. The summed E-state index contributed by atoms with van der Waals surface area (Å²) in [5.41, 5.74) is 9.34. The van der Waals surface area contributed by atoms with Gasteiger partial charge in [0.15, 0.2) is 5.82 Å². The first-order valence-corrected chi connectivity index (χ1v) is 16.9. The first kappa shape index (κ1) is 31.3. The molecule has 1 radical (unpaired) electrons. The molecule has 0 saturated carbocycles. The Kier molecular flexibility index (Phi) is 8.00. The molecule has 0 N–H and O–H groups in total. The molecule has 2 aliphatic heterocycles. The third kappa shape index (κ3) is 5.16. The molecule has 2 aliphatic rings. The molecule has 0 fully saturated rings. The van der Waals surface area contributed by atoms with E-state index in [1.54, 1.807) is 18.5 Å². The first-order valence-electron chi connectivity index (χ1n) is 15.5. The second kappa shape index (κ2) is 12.0. The third-order valence-electron chi connectivity index (χ3n) is 9.24. The topological polar surface area (TPSA) is 65.7 Å². The summed E-state index contributed by atoms with van der Waals surface area (Å²) in [6.07, 6.45) is 5.24. The molecule has 0 spiro atoms. The van der Waals surface area contributed by atoms with Crippen LogP contribution in [0.3, 0.4) is 0 Å². The van der Waals surface area contributed by atoms with Crippen LogP contribution in [0, 0.1) is 6.07 Å². The molecule has 4 aromatic carbocycles. The SMILES string of the molecule is CC1(C)c2[c-]c(-c3ccccn3)cc3c2P(c2ccccc21)c1ccccc1C3(C)C.[Ir].c1cnc(-c2nc3ccccc3[n-]2)nc1. The number of aromatic nitrogens is 5. The molecule has 0 saturated heterocycles. The van der Waals surface area contributed by atoms with Gasteiger partial charge in [-0.15, -0.1) is 28.8 Å². The van der Waals surface area contributed by atoms with Crippen molar-refractivity contribution in [2.75, 3.05) is 0 Å². The van der Waals surface area contributed by atoms with Crippen LogP contribution in [0.15, 0.2) is 122 Å². The molecule has 1 unspecified atom stereocenters. The molecular formula is C40H32IrN5P-2. The normalized spacial score (nSPS) is 16.0. The molecule has 1 atom stereocenters. The average Bonchev–Trinajstić information content (AvgIpc) is 3.54. The van der Waals surface area contributed by atoms with Gasteiger partial charge in [-0.2, -0.15) is 0 Å². The summed E-state index contributed by atoms with van der Waals surface area (Å²) in [5.74, 6) is 1.14. The van der Waals surface area contributed by atoms with Crippen molar-refractivity contribution in [3.8, 4) is 22.9 Å². The summed E-state index contributed by atoms with van der Waals surface area (Å²) in [5, 5.41) is 4.51. The van der Waals surface area contributed by atoms with Crippen molar-refractivity contribution >= 4 is 34.9 Å². The maximum Gasteiger partial charge on any atom is 0.150 e. The van der Waals surface area contributed by atoms with Gasteiger partial charge in [0.2, 0.25) is 0 Å². The molecule has 9 rings (SSSR count). The van der Waals surface area contributed by atoms with Crippen molar-refractivity contribution in [2.45, 2.75) is 38.5 Å². The predicted octanol–water partition coefficient (Wildman–Crippen LogP) is 7.23. The number of fused-ring (bicyclic) bond motifs is 5. The van der Waals surface area contributed by atoms with Crippen molar-refractivity contribution in [3.05, 3.63) is 150 Å². The van der Waals surface area contributed by atoms with Crippen molar-refractivity contribution in [3.63, 3.8) is 0 Å². The van der Waals surface area contributed by atoms with E-state index < -0.39 is 7.92 Å². The molecule has 47 heavy (non-hydrogen) atoms. The summed E-state index contributed by atoms with van der Waals surface area (Å²) >= 11 is 0. The van der Waals surface area contributed by atoms with E-state index in [1.807, 2.05) is 36.5 Å². The molecule has 5 nitrogen and oxygen atoms in total. The Morgan fingerprint density at radius 2 is 1.26 bits per heavy atom. The summed E-state index contributed by atoms with van der Waals surface area (Å²) in [6, 6.07) is 40.0. The number of hydrogen-bond acceptors (Lipinski definition) is 4. The van der Waals surface area contributed by atoms with Crippen molar-refractivity contribution in [2.24, 2.45) is 0 Å². The largest absolute Gasteiger partial charge is 0.433 e. The second-order valence-corrected chi connectivity index (χ2v) is 14.8. The van der Waals surface area contributed by atoms with E-state index in [9.17, 15) is 0 Å². The molecule has 0 aliphatic carbocycles. The molecule has 233 valence electrons.